The van der Waals surface area contributed by atoms with Gasteiger partial charge in [0, 0.05) is 5.54 Å². The highest BCUT2D eigenvalue weighted by atomic mass is 16.5. The molecule has 4 nitrogen and oxygen atoms in total. The average molecular weight is 173 g/mol. The van der Waals surface area contributed by atoms with Gasteiger partial charge in [-0.3, -0.25) is 9.69 Å². The molecule has 0 bridgehead atoms. The molecule has 1 rings (SSSR count). The van der Waals surface area contributed by atoms with Gasteiger partial charge in [-0.15, -0.1) is 0 Å². The molecule has 0 radical (unpaired) electrons. The number of carboxylic acids is 1. The molecule has 1 aliphatic heterocycles. The van der Waals surface area contributed by atoms with E-state index in [0.29, 0.717) is 13.3 Å². The minimum Gasteiger partial charge on any atom is -0.480 e. The van der Waals surface area contributed by atoms with Crippen molar-refractivity contribution in [2.45, 2.75) is 32.4 Å². The number of ether oxygens (including phenoxy) is 1. The molecule has 4 heteroatoms. The van der Waals surface area contributed by atoms with Gasteiger partial charge in [-0.25, -0.2) is 0 Å². The summed E-state index contributed by atoms with van der Waals surface area (Å²) >= 11 is 0. The second kappa shape index (κ2) is 3.03. The standard InChI is InChI=1S/C8H15NO3/c1-8(2,3)9-5-12-4-6(9)7(10)11/h6H,4-5H2,1-3H3,(H,10,11)/t6-/m0/s1. The number of carboxylic acid groups (broad SMARTS) is 1. The fraction of sp³-hybridized carbons (Fsp3) is 0.875. The van der Waals surface area contributed by atoms with Crippen LogP contribution in [0, 0.1) is 0 Å². The lowest BCUT2D eigenvalue weighted by molar-refractivity contribution is -0.143. The minimum atomic E-state index is -0.803. The molecule has 70 valence electrons. The molecule has 0 aliphatic carbocycles. The monoisotopic (exact) mass is 173 g/mol. The van der Waals surface area contributed by atoms with Crippen LogP contribution < -0.4 is 0 Å². The molecule has 0 aromatic rings. The van der Waals surface area contributed by atoms with Crippen LogP contribution >= 0.6 is 0 Å². The van der Waals surface area contributed by atoms with Crippen molar-refractivity contribution in [1.29, 1.82) is 0 Å². The molecule has 1 atom stereocenters. The van der Waals surface area contributed by atoms with E-state index in [0.717, 1.165) is 0 Å². The molecule has 0 aromatic heterocycles. The van der Waals surface area contributed by atoms with Gasteiger partial charge >= 0.3 is 5.97 Å². The number of hydrogen-bond donors (Lipinski definition) is 1. The van der Waals surface area contributed by atoms with Gasteiger partial charge in [-0.2, -0.15) is 0 Å². The second-order valence-electron chi connectivity index (χ2n) is 3.99. The van der Waals surface area contributed by atoms with E-state index in [4.69, 9.17) is 9.84 Å². The number of aliphatic carboxylic acids is 1. The maximum Gasteiger partial charge on any atom is 0.323 e. The fourth-order valence-electron chi connectivity index (χ4n) is 1.31. The quantitative estimate of drug-likeness (QED) is 0.628. The normalized spacial score (nSPS) is 26.1. The van der Waals surface area contributed by atoms with Crippen molar-refractivity contribution in [1.82, 2.24) is 4.90 Å². The summed E-state index contributed by atoms with van der Waals surface area (Å²) in [6.45, 7) is 6.67. The smallest absolute Gasteiger partial charge is 0.323 e. The molecule has 0 saturated carbocycles. The lowest BCUT2D eigenvalue weighted by Crippen LogP contribution is -2.48. The topological polar surface area (TPSA) is 49.8 Å². The van der Waals surface area contributed by atoms with Crippen LogP contribution in [0.1, 0.15) is 20.8 Å². The first-order chi connectivity index (χ1) is 5.43. The Balaban J connectivity index is 2.71. The Morgan fingerprint density at radius 3 is 2.50 bits per heavy atom. The second-order valence-corrected chi connectivity index (χ2v) is 3.99. The zero-order valence-corrected chi connectivity index (χ0v) is 7.70. The van der Waals surface area contributed by atoms with E-state index >= 15 is 0 Å². The Morgan fingerprint density at radius 1 is 1.58 bits per heavy atom. The minimum absolute atomic E-state index is 0.139. The Kier molecular flexibility index (Phi) is 2.39. The Bertz CT molecular complexity index is 185. The van der Waals surface area contributed by atoms with Crippen LogP contribution in [0.15, 0.2) is 0 Å². The summed E-state index contributed by atoms with van der Waals surface area (Å²) < 4.78 is 5.10. The summed E-state index contributed by atoms with van der Waals surface area (Å²) in [7, 11) is 0. The van der Waals surface area contributed by atoms with Crippen LogP contribution in [0.25, 0.3) is 0 Å². The molecule has 12 heavy (non-hydrogen) atoms. The third-order valence-electron chi connectivity index (χ3n) is 2.03. The molecule has 1 saturated heterocycles. The first kappa shape index (κ1) is 9.48. The summed E-state index contributed by atoms with van der Waals surface area (Å²) in [6.07, 6.45) is 0. The van der Waals surface area contributed by atoms with E-state index in [1.165, 1.54) is 0 Å². The highest BCUT2D eigenvalue weighted by Gasteiger charge is 2.37. The first-order valence-corrected chi connectivity index (χ1v) is 4.00. The van der Waals surface area contributed by atoms with Crippen molar-refractivity contribution in [3.05, 3.63) is 0 Å². The Morgan fingerprint density at radius 2 is 2.17 bits per heavy atom. The molecule has 0 unspecified atom stereocenters. The van der Waals surface area contributed by atoms with Crippen molar-refractivity contribution in [2.75, 3.05) is 13.3 Å². The van der Waals surface area contributed by atoms with E-state index in [2.05, 4.69) is 0 Å². The van der Waals surface area contributed by atoms with Gasteiger partial charge in [0.2, 0.25) is 0 Å². The van der Waals surface area contributed by atoms with Crippen LogP contribution in [0.3, 0.4) is 0 Å². The maximum absolute atomic E-state index is 10.7. The summed E-state index contributed by atoms with van der Waals surface area (Å²) in [5, 5.41) is 8.83. The predicted molar refractivity (Wildman–Crippen MR) is 43.8 cm³/mol. The van der Waals surface area contributed by atoms with Gasteiger partial charge in [-0.1, -0.05) is 0 Å². The third-order valence-corrected chi connectivity index (χ3v) is 2.03. The molecular weight excluding hydrogens is 158 g/mol. The summed E-state index contributed by atoms with van der Waals surface area (Å²) in [6, 6.07) is -0.481. The van der Waals surface area contributed by atoms with Crippen molar-refractivity contribution < 1.29 is 14.6 Å². The molecule has 1 heterocycles. The van der Waals surface area contributed by atoms with E-state index < -0.39 is 12.0 Å². The SMILES string of the molecule is CC(C)(C)N1COC[C@H]1C(=O)O. The van der Waals surface area contributed by atoms with Crippen LogP contribution in [0.5, 0.6) is 0 Å². The van der Waals surface area contributed by atoms with Crippen molar-refractivity contribution in [3.8, 4) is 0 Å². The maximum atomic E-state index is 10.7. The highest BCUT2D eigenvalue weighted by Crippen LogP contribution is 2.21. The van der Waals surface area contributed by atoms with Crippen molar-refractivity contribution >= 4 is 5.97 Å². The molecule has 1 N–H and O–H groups in total. The average Bonchev–Trinajstić information content (AvgIpc) is 2.30. The van der Waals surface area contributed by atoms with Gasteiger partial charge in [0.1, 0.15) is 12.8 Å². The van der Waals surface area contributed by atoms with Gasteiger partial charge in [-0.05, 0) is 20.8 Å². The van der Waals surface area contributed by atoms with Gasteiger partial charge in [0.15, 0.2) is 0 Å². The molecule has 1 aliphatic rings. The van der Waals surface area contributed by atoms with Crippen LogP contribution in [-0.4, -0.2) is 40.9 Å². The van der Waals surface area contributed by atoms with Gasteiger partial charge in [0.05, 0.1) is 6.61 Å². The lowest BCUT2D eigenvalue weighted by atomic mass is 10.0. The van der Waals surface area contributed by atoms with Crippen molar-refractivity contribution in [2.24, 2.45) is 0 Å². The molecular formula is C8H15NO3. The number of hydrogen-bond acceptors (Lipinski definition) is 3. The largest absolute Gasteiger partial charge is 0.480 e. The molecule has 0 aromatic carbocycles. The first-order valence-electron chi connectivity index (χ1n) is 4.00. The van der Waals surface area contributed by atoms with Gasteiger partial charge in [0.25, 0.3) is 0 Å². The van der Waals surface area contributed by atoms with E-state index in [-0.39, 0.29) is 5.54 Å². The summed E-state index contributed by atoms with van der Waals surface area (Å²) in [5.41, 5.74) is -0.139. The highest BCUT2D eigenvalue weighted by molar-refractivity contribution is 5.74. The van der Waals surface area contributed by atoms with E-state index in [9.17, 15) is 4.79 Å². The number of carbonyl (C=O) groups is 1. The predicted octanol–water partition coefficient (Wildman–Crippen LogP) is 0.528. The lowest BCUT2D eigenvalue weighted by Gasteiger charge is -2.33. The summed E-state index contributed by atoms with van der Waals surface area (Å²) in [4.78, 5) is 12.6. The van der Waals surface area contributed by atoms with Crippen LogP contribution in [0.2, 0.25) is 0 Å². The Labute approximate surface area is 72.1 Å². The number of nitrogens with zero attached hydrogens (tertiary/aromatic N) is 1. The van der Waals surface area contributed by atoms with Crippen molar-refractivity contribution in [3.63, 3.8) is 0 Å². The van der Waals surface area contributed by atoms with Gasteiger partial charge < -0.3 is 9.84 Å². The van der Waals surface area contributed by atoms with E-state index in [1.54, 1.807) is 0 Å². The molecule has 1 fully saturated rings. The fourth-order valence-corrected chi connectivity index (χ4v) is 1.31. The number of rotatable bonds is 1. The zero-order valence-electron chi connectivity index (χ0n) is 7.70. The molecule has 0 spiro atoms. The Hall–Kier alpha value is -0.610. The van der Waals surface area contributed by atoms with Crippen LogP contribution in [-0.2, 0) is 9.53 Å². The summed E-state index contributed by atoms with van der Waals surface area (Å²) in [5.74, 6) is -0.803. The third kappa shape index (κ3) is 1.76. The van der Waals surface area contributed by atoms with Crippen LogP contribution in [0.4, 0.5) is 0 Å². The zero-order chi connectivity index (χ0) is 9.35. The van der Waals surface area contributed by atoms with E-state index in [1.807, 2.05) is 25.7 Å². The molecule has 0 amide bonds.